The molecule has 0 radical (unpaired) electrons. The molecule has 1 aliphatic carbocycles. The van der Waals surface area contributed by atoms with E-state index in [9.17, 15) is 0 Å². The minimum Gasteiger partial charge on any atom is -0.362 e. The number of likely N-dealkylation sites (tertiary alicyclic amines) is 1. The molecule has 2 aliphatic rings. The van der Waals surface area contributed by atoms with Gasteiger partial charge in [-0.15, -0.1) is 0 Å². The fourth-order valence-electron chi connectivity index (χ4n) is 4.98. The first kappa shape index (κ1) is 18.7. The summed E-state index contributed by atoms with van der Waals surface area (Å²) in [6, 6.07) is 11.6. The zero-order valence-electron chi connectivity index (χ0n) is 16.8. The first-order chi connectivity index (χ1) is 13.1. The Labute approximate surface area is 169 Å². The summed E-state index contributed by atoms with van der Waals surface area (Å²) in [4.78, 5) is 3.43. The topological polar surface area (TPSA) is 8.17 Å². The van der Waals surface area contributed by atoms with Crippen LogP contribution in [0.25, 0.3) is 5.69 Å². The molecule has 2 nitrogen and oxygen atoms in total. The molecule has 1 saturated heterocycles. The quantitative estimate of drug-likeness (QED) is 0.577. The zero-order valence-corrected chi connectivity index (χ0v) is 17.7. The van der Waals surface area contributed by atoms with Crippen molar-refractivity contribution < 1.29 is 0 Å². The third-order valence-electron chi connectivity index (χ3n) is 6.53. The Kier molecular flexibility index (Phi) is 5.68. The number of hydrogen-bond acceptors (Lipinski definition) is 1. The number of nitrogens with zero attached hydrogens (tertiary/aromatic N) is 2. The van der Waals surface area contributed by atoms with E-state index in [0.29, 0.717) is 0 Å². The largest absolute Gasteiger partial charge is 0.362 e. The van der Waals surface area contributed by atoms with Crippen molar-refractivity contribution in [2.75, 3.05) is 13.1 Å². The lowest BCUT2D eigenvalue weighted by Gasteiger charge is -2.29. The van der Waals surface area contributed by atoms with E-state index in [0.717, 1.165) is 24.0 Å². The van der Waals surface area contributed by atoms with Gasteiger partial charge in [-0.3, -0.25) is 0 Å². The van der Waals surface area contributed by atoms with E-state index >= 15 is 0 Å². The highest BCUT2D eigenvalue weighted by molar-refractivity contribution is 7.80. The van der Waals surface area contributed by atoms with Gasteiger partial charge in [0.25, 0.3) is 0 Å². The van der Waals surface area contributed by atoms with Crippen molar-refractivity contribution >= 4 is 17.2 Å². The Balaban J connectivity index is 1.58. The van der Waals surface area contributed by atoms with E-state index in [2.05, 4.69) is 53.6 Å². The molecule has 1 aromatic carbocycles. The number of aromatic nitrogens is 1. The summed E-state index contributed by atoms with van der Waals surface area (Å²) in [6.07, 6.45) is 10.8. The highest BCUT2D eigenvalue weighted by Gasteiger charge is 2.20. The van der Waals surface area contributed by atoms with E-state index < -0.39 is 0 Å². The summed E-state index contributed by atoms with van der Waals surface area (Å²) in [7, 11) is 0. The standard InChI is InChI=1S/C24H32N2S/c1-18-17-23(24(27)25-15-7-4-8-16-25)19(2)26(18)22-13-11-21(12-14-22)20-9-5-3-6-10-20/h11-14,17,20H,3-10,15-16H2,1-2H3. The molecule has 3 heteroatoms. The summed E-state index contributed by atoms with van der Waals surface area (Å²) in [6.45, 7) is 6.63. The van der Waals surface area contributed by atoms with Crippen LogP contribution in [0.3, 0.4) is 0 Å². The van der Waals surface area contributed by atoms with Crippen LogP contribution < -0.4 is 0 Å². The van der Waals surface area contributed by atoms with Crippen molar-refractivity contribution in [3.05, 3.63) is 52.8 Å². The monoisotopic (exact) mass is 380 g/mol. The molecule has 0 bridgehead atoms. The molecule has 2 aromatic rings. The maximum absolute atomic E-state index is 5.87. The smallest absolute Gasteiger partial charge is 0.111 e. The summed E-state index contributed by atoms with van der Waals surface area (Å²) in [5, 5.41) is 0. The van der Waals surface area contributed by atoms with Crippen LogP contribution >= 0.6 is 12.2 Å². The van der Waals surface area contributed by atoms with Gasteiger partial charge in [0.1, 0.15) is 4.99 Å². The molecule has 2 heterocycles. The lowest BCUT2D eigenvalue weighted by atomic mass is 9.84. The summed E-state index contributed by atoms with van der Waals surface area (Å²) < 4.78 is 2.37. The SMILES string of the molecule is Cc1cc(C(=S)N2CCCCC2)c(C)n1-c1ccc(C2CCCCC2)cc1. The molecule has 0 spiro atoms. The van der Waals surface area contributed by atoms with Crippen LogP contribution in [0.4, 0.5) is 0 Å². The molecule has 1 aliphatic heterocycles. The van der Waals surface area contributed by atoms with Crippen molar-refractivity contribution in [1.29, 1.82) is 0 Å². The van der Waals surface area contributed by atoms with Gasteiger partial charge in [0, 0.05) is 35.7 Å². The van der Waals surface area contributed by atoms with E-state index in [-0.39, 0.29) is 0 Å². The van der Waals surface area contributed by atoms with Gasteiger partial charge in [-0.05, 0) is 75.6 Å². The molecular weight excluding hydrogens is 348 g/mol. The molecule has 0 unspecified atom stereocenters. The molecule has 144 valence electrons. The predicted molar refractivity (Wildman–Crippen MR) is 118 cm³/mol. The van der Waals surface area contributed by atoms with Crippen LogP contribution in [0.5, 0.6) is 0 Å². The van der Waals surface area contributed by atoms with E-state index in [1.165, 1.54) is 79.6 Å². The van der Waals surface area contributed by atoms with E-state index in [1.807, 2.05) is 0 Å². The highest BCUT2D eigenvalue weighted by Crippen LogP contribution is 2.33. The van der Waals surface area contributed by atoms with Crippen molar-refractivity contribution in [1.82, 2.24) is 9.47 Å². The fourth-order valence-corrected chi connectivity index (χ4v) is 5.36. The van der Waals surface area contributed by atoms with Gasteiger partial charge in [-0.25, -0.2) is 0 Å². The molecule has 27 heavy (non-hydrogen) atoms. The van der Waals surface area contributed by atoms with Gasteiger partial charge in [0.15, 0.2) is 0 Å². The Morgan fingerprint density at radius 1 is 0.889 bits per heavy atom. The maximum atomic E-state index is 5.87. The average Bonchev–Trinajstić information content (AvgIpc) is 3.03. The first-order valence-corrected chi connectivity index (χ1v) is 11.1. The number of benzene rings is 1. The molecular formula is C24H32N2S. The molecule has 0 N–H and O–H groups in total. The van der Waals surface area contributed by atoms with Gasteiger partial charge in [0.05, 0.1) is 0 Å². The fraction of sp³-hybridized carbons (Fsp3) is 0.542. The Bertz CT molecular complexity index is 791. The van der Waals surface area contributed by atoms with Crippen LogP contribution in [0.15, 0.2) is 30.3 Å². The zero-order chi connectivity index (χ0) is 18.8. The molecule has 4 rings (SSSR count). The number of rotatable bonds is 3. The Hall–Kier alpha value is -1.61. The van der Waals surface area contributed by atoms with Crippen molar-refractivity contribution in [3.8, 4) is 5.69 Å². The van der Waals surface area contributed by atoms with Gasteiger partial charge >= 0.3 is 0 Å². The van der Waals surface area contributed by atoms with Crippen molar-refractivity contribution in [2.45, 2.75) is 71.1 Å². The summed E-state index contributed by atoms with van der Waals surface area (Å²) in [5.74, 6) is 0.766. The lowest BCUT2D eigenvalue weighted by Crippen LogP contribution is -2.35. The summed E-state index contributed by atoms with van der Waals surface area (Å²) in [5.41, 5.74) is 6.56. The molecule has 0 amide bonds. The van der Waals surface area contributed by atoms with Crippen LogP contribution in [-0.4, -0.2) is 27.5 Å². The van der Waals surface area contributed by atoms with Crippen LogP contribution in [0.2, 0.25) is 0 Å². The maximum Gasteiger partial charge on any atom is 0.111 e. The predicted octanol–water partition coefficient (Wildman–Crippen LogP) is 6.30. The number of hydrogen-bond donors (Lipinski definition) is 0. The van der Waals surface area contributed by atoms with E-state index in [4.69, 9.17) is 12.2 Å². The third-order valence-corrected chi connectivity index (χ3v) is 7.01. The minimum absolute atomic E-state index is 0.766. The Morgan fingerprint density at radius 3 is 2.19 bits per heavy atom. The number of piperidine rings is 1. The average molecular weight is 381 g/mol. The molecule has 2 fully saturated rings. The van der Waals surface area contributed by atoms with Crippen LogP contribution in [0.1, 0.15) is 79.8 Å². The first-order valence-electron chi connectivity index (χ1n) is 10.7. The van der Waals surface area contributed by atoms with Gasteiger partial charge in [-0.1, -0.05) is 43.6 Å². The van der Waals surface area contributed by atoms with Crippen LogP contribution in [-0.2, 0) is 0 Å². The normalized spacial score (nSPS) is 18.7. The lowest BCUT2D eigenvalue weighted by molar-refractivity contribution is 0.347. The van der Waals surface area contributed by atoms with Crippen LogP contribution in [0, 0.1) is 13.8 Å². The minimum atomic E-state index is 0.766. The second kappa shape index (κ2) is 8.18. The number of aryl methyl sites for hydroxylation is 1. The van der Waals surface area contributed by atoms with Crippen molar-refractivity contribution in [2.24, 2.45) is 0 Å². The van der Waals surface area contributed by atoms with Gasteiger partial charge < -0.3 is 9.47 Å². The molecule has 1 saturated carbocycles. The number of thiocarbonyl (C=S) groups is 1. The highest BCUT2D eigenvalue weighted by atomic mass is 32.1. The summed E-state index contributed by atoms with van der Waals surface area (Å²) >= 11 is 5.87. The molecule has 0 atom stereocenters. The van der Waals surface area contributed by atoms with E-state index in [1.54, 1.807) is 0 Å². The van der Waals surface area contributed by atoms with Gasteiger partial charge in [-0.2, -0.15) is 0 Å². The molecule has 1 aromatic heterocycles. The second-order valence-electron chi connectivity index (χ2n) is 8.40. The van der Waals surface area contributed by atoms with Gasteiger partial charge in [0.2, 0.25) is 0 Å². The van der Waals surface area contributed by atoms with Crippen molar-refractivity contribution in [3.63, 3.8) is 0 Å². The Morgan fingerprint density at radius 2 is 1.52 bits per heavy atom. The second-order valence-corrected chi connectivity index (χ2v) is 8.79. The third kappa shape index (κ3) is 3.85.